The average Bonchev–Trinajstić information content (AvgIpc) is 2.52. The monoisotopic (exact) mass is 295 g/mol. The molecule has 0 amide bonds. The van der Waals surface area contributed by atoms with Gasteiger partial charge in [-0.1, -0.05) is 67.8 Å². The summed E-state index contributed by atoms with van der Waals surface area (Å²) in [7, 11) is 0. The Hall–Kier alpha value is -1.64. The van der Waals surface area contributed by atoms with Crippen molar-refractivity contribution in [1.82, 2.24) is 5.32 Å². The lowest BCUT2D eigenvalue weighted by Gasteiger charge is -2.25. The number of aliphatic hydroxyl groups is 1. The van der Waals surface area contributed by atoms with E-state index in [0.717, 1.165) is 24.6 Å². The minimum absolute atomic E-state index is 0.113. The van der Waals surface area contributed by atoms with Gasteiger partial charge in [-0.05, 0) is 34.6 Å². The lowest BCUT2D eigenvalue weighted by atomic mass is 9.81. The molecule has 1 saturated carbocycles. The van der Waals surface area contributed by atoms with Crippen LogP contribution in [0.15, 0.2) is 48.5 Å². The van der Waals surface area contributed by atoms with Crippen molar-refractivity contribution < 1.29 is 5.11 Å². The van der Waals surface area contributed by atoms with E-state index >= 15 is 0 Å². The summed E-state index contributed by atoms with van der Waals surface area (Å²) in [6.07, 6.45) is 5.48. The van der Waals surface area contributed by atoms with Crippen LogP contribution in [0.1, 0.15) is 41.5 Å². The molecule has 0 bridgehead atoms. The lowest BCUT2D eigenvalue weighted by molar-refractivity contribution is 0.282. The fourth-order valence-corrected chi connectivity index (χ4v) is 3.01. The Balaban J connectivity index is 1.48. The van der Waals surface area contributed by atoms with E-state index in [1.54, 1.807) is 0 Å². The van der Waals surface area contributed by atoms with Crippen LogP contribution < -0.4 is 5.32 Å². The van der Waals surface area contributed by atoms with Crippen LogP contribution in [0.3, 0.4) is 0 Å². The SMILES string of the molecule is OCc1ccc(CNCc2cccc(CC3CCC3)c2)cc1. The molecule has 3 rings (SSSR count). The van der Waals surface area contributed by atoms with Crippen LogP contribution in [-0.2, 0) is 26.1 Å². The average molecular weight is 295 g/mol. The van der Waals surface area contributed by atoms with Crippen LogP contribution in [0.25, 0.3) is 0 Å². The first-order valence-electron chi connectivity index (χ1n) is 8.31. The topological polar surface area (TPSA) is 32.3 Å². The van der Waals surface area contributed by atoms with Gasteiger partial charge in [-0.15, -0.1) is 0 Å². The van der Waals surface area contributed by atoms with E-state index in [1.165, 1.54) is 42.4 Å². The maximum atomic E-state index is 9.05. The van der Waals surface area contributed by atoms with E-state index in [9.17, 15) is 0 Å². The molecule has 1 aliphatic rings. The maximum absolute atomic E-state index is 9.05. The van der Waals surface area contributed by atoms with Crippen LogP contribution in [0.4, 0.5) is 0 Å². The Bertz CT molecular complexity index is 587. The Kier molecular flexibility index (Phi) is 5.25. The summed E-state index contributed by atoms with van der Waals surface area (Å²) in [5, 5.41) is 12.5. The second-order valence-corrected chi connectivity index (χ2v) is 6.40. The van der Waals surface area contributed by atoms with Gasteiger partial charge in [-0.25, -0.2) is 0 Å². The highest BCUT2D eigenvalue weighted by atomic mass is 16.3. The van der Waals surface area contributed by atoms with Crippen molar-refractivity contribution in [2.45, 2.75) is 45.4 Å². The fraction of sp³-hybridized carbons (Fsp3) is 0.400. The molecule has 2 heteroatoms. The second-order valence-electron chi connectivity index (χ2n) is 6.40. The third-order valence-electron chi connectivity index (χ3n) is 4.60. The summed E-state index contributed by atoms with van der Waals surface area (Å²) >= 11 is 0. The van der Waals surface area contributed by atoms with Crippen LogP contribution in [0.2, 0.25) is 0 Å². The molecule has 0 radical (unpaired) electrons. The Morgan fingerprint density at radius 2 is 1.55 bits per heavy atom. The molecule has 0 aliphatic heterocycles. The lowest BCUT2D eigenvalue weighted by Crippen LogP contribution is -2.15. The van der Waals surface area contributed by atoms with Gasteiger partial charge in [0.25, 0.3) is 0 Å². The largest absolute Gasteiger partial charge is 0.392 e. The van der Waals surface area contributed by atoms with Crippen LogP contribution in [0.5, 0.6) is 0 Å². The minimum Gasteiger partial charge on any atom is -0.392 e. The third-order valence-corrected chi connectivity index (χ3v) is 4.60. The van der Waals surface area contributed by atoms with Gasteiger partial charge >= 0.3 is 0 Å². The molecule has 0 atom stereocenters. The minimum atomic E-state index is 0.113. The Labute approximate surface area is 133 Å². The Morgan fingerprint density at radius 3 is 2.23 bits per heavy atom. The predicted octanol–water partition coefficient (Wildman–Crippen LogP) is 3.81. The van der Waals surface area contributed by atoms with Crippen molar-refractivity contribution in [3.05, 3.63) is 70.8 Å². The van der Waals surface area contributed by atoms with Gasteiger partial charge in [0.05, 0.1) is 6.61 Å². The molecule has 0 aromatic heterocycles. The van der Waals surface area contributed by atoms with E-state index in [-0.39, 0.29) is 6.61 Å². The molecule has 0 saturated heterocycles. The summed E-state index contributed by atoms with van der Waals surface area (Å²) in [5.74, 6) is 0.924. The van der Waals surface area contributed by atoms with Gasteiger partial charge in [0, 0.05) is 13.1 Å². The zero-order valence-electron chi connectivity index (χ0n) is 13.1. The predicted molar refractivity (Wildman–Crippen MR) is 90.4 cm³/mol. The zero-order valence-corrected chi connectivity index (χ0v) is 13.1. The molecular formula is C20H25NO. The first kappa shape index (κ1) is 15.3. The van der Waals surface area contributed by atoms with Gasteiger partial charge in [0.15, 0.2) is 0 Å². The standard InChI is InChI=1S/C20H25NO/c22-15-18-9-7-17(8-10-18)13-21-14-20-6-2-5-19(12-20)11-16-3-1-4-16/h2,5-10,12,16,21-22H,1,3-4,11,13-15H2. The van der Waals surface area contributed by atoms with Crippen LogP contribution in [-0.4, -0.2) is 5.11 Å². The maximum Gasteiger partial charge on any atom is 0.0681 e. The highest BCUT2D eigenvalue weighted by Crippen LogP contribution is 2.29. The molecule has 116 valence electrons. The summed E-state index contributed by atoms with van der Waals surface area (Å²) < 4.78 is 0. The van der Waals surface area contributed by atoms with Crippen LogP contribution in [0, 0.1) is 5.92 Å². The van der Waals surface area contributed by atoms with Gasteiger partial charge in [-0.2, -0.15) is 0 Å². The summed E-state index contributed by atoms with van der Waals surface area (Å²) in [4.78, 5) is 0. The third kappa shape index (κ3) is 4.19. The molecule has 0 spiro atoms. The van der Waals surface area contributed by atoms with Crippen molar-refractivity contribution in [1.29, 1.82) is 0 Å². The number of hydrogen-bond donors (Lipinski definition) is 2. The zero-order chi connectivity index (χ0) is 15.2. The number of benzene rings is 2. The van der Waals surface area contributed by atoms with Crippen LogP contribution >= 0.6 is 0 Å². The van der Waals surface area contributed by atoms with E-state index in [0.29, 0.717) is 0 Å². The summed E-state index contributed by atoms with van der Waals surface area (Å²) in [6, 6.07) is 17.1. The summed E-state index contributed by atoms with van der Waals surface area (Å²) in [6.45, 7) is 1.88. The molecule has 2 aromatic rings. The van der Waals surface area contributed by atoms with E-state index < -0.39 is 0 Å². The first-order valence-corrected chi connectivity index (χ1v) is 8.31. The molecule has 1 aliphatic carbocycles. The normalized spacial score (nSPS) is 14.8. The molecular weight excluding hydrogens is 270 g/mol. The molecule has 22 heavy (non-hydrogen) atoms. The number of aliphatic hydroxyl groups excluding tert-OH is 1. The van der Waals surface area contributed by atoms with Gasteiger partial charge < -0.3 is 10.4 Å². The van der Waals surface area contributed by atoms with E-state index in [2.05, 4.69) is 41.7 Å². The number of nitrogens with one attached hydrogen (secondary N) is 1. The van der Waals surface area contributed by atoms with E-state index in [1.807, 2.05) is 12.1 Å². The van der Waals surface area contributed by atoms with E-state index in [4.69, 9.17) is 5.11 Å². The van der Waals surface area contributed by atoms with Crippen molar-refractivity contribution >= 4 is 0 Å². The molecule has 0 heterocycles. The quantitative estimate of drug-likeness (QED) is 0.814. The van der Waals surface area contributed by atoms with Gasteiger partial charge in [-0.3, -0.25) is 0 Å². The summed E-state index contributed by atoms with van der Waals surface area (Å²) in [5.41, 5.74) is 5.07. The van der Waals surface area contributed by atoms with Crippen molar-refractivity contribution in [3.63, 3.8) is 0 Å². The fourth-order valence-electron chi connectivity index (χ4n) is 3.01. The second kappa shape index (κ2) is 7.57. The molecule has 0 unspecified atom stereocenters. The molecule has 2 aromatic carbocycles. The smallest absolute Gasteiger partial charge is 0.0681 e. The van der Waals surface area contributed by atoms with Crippen molar-refractivity contribution in [3.8, 4) is 0 Å². The van der Waals surface area contributed by atoms with Crippen molar-refractivity contribution in [2.24, 2.45) is 5.92 Å². The Morgan fingerprint density at radius 1 is 0.864 bits per heavy atom. The number of rotatable bonds is 7. The molecule has 2 N–H and O–H groups in total. The van der Waals surface area contributed by atoms with Gasteiger partial charge in [0.1, 0.15) is 0 Å². The highest BCUT2D eigenvalue weighted by molar-refractivity contribution is 5.25. The number of hydrogen-bond acceptors (Lipinski definition) is 2. The van der Waals surface area contributed by atoms with Crippen molar-refractivity contribution in [2.75, 3.05) is 0 Å². The first-order chi connectivity index (χ1) is 10.8. The molecule has 2 nitrogen and oxygen atoms in total. The molecule has 1 fully saturated rings. The van der Waals surface area contributed by atoms with Gasteiger partial charge in [0.2, 0.25) is 0 Å². The highest BCUT2D eigenvalue weighted by Gasteiger charge is 2.17.